The van der Waals surface area contributed by atoms with Crippen LogP contribution in [-0.2, 0) is 6.42 Å². The number of hydrogen-bond acceptors (Lipinski definition) is 5. The van der Waals surface area contributed by atoms with Crippen LogP contribution in [0, 0.1) is 5.82 Å². The van der Waals surface area contributed by atoms with Crippen LogP contribution in [0.3, 0.4) is 0 Å². The molecular weight excluding hydrogens is 269 g/mol. The number of nitrogens with one attached hydrogen (secondary N) is 1. The summed E-state index contributed by atoms with van der Waals surface area (Å²) in [5.74, 6) is -0.697. The standard InChI is InChI=1S/C12H12FN3O2S/c13-9-3-1-8(2-4-9)5-10(7-17)15-12(18)11-6-14-19-16-11/h1-4,6,10,17H,5,7H2,(H,15,18)/t10-/m0/s1. The van der Waals surface area contributed by atoms with Gasteiger partial charge in [-0.3, -0.25) is 4.79 Å². The van der Waals surface area contributed by atoms with E-state index < -0.39 is 6.04 Å². The van der Waals surface area contributed by atoms with E-state index >= 15 is 0 Å². The Morgan fingerprint density at radius 2 is 2.16 bits per heavy atom. The van der Waals surface area contributed by atoms with E-state index in [2.05, 4.69) is 14.1 Å². The van der Waals surface area contributed by atoms with Crippen LogP contribution in [0.25, 0.3) is 0 Å². The summed E-state index contributed by atoms with van der Waals surface area (Å²) in [7, 11) is 0. The fourth-order valence-electron chi connectivity index (χ4n) is 1.59. The van der Waals surface area contributed by atoms with Gasteiger partial charge < -0.3 is 10.4 Å². The van der Waals surface area contributed by atoms with Crippen LogP contribution in [0.2, 0.25) is 0 Å². The van der Waals surface area contributed by atoms with E-state index in [9.17, 15) is 14.3 Å². The summed E-state index contributed by atoms with van der Waals surface area (Å²) in [6.07, 6.45) is 1.78. The first-order chi connectivity index (χ1) is 9.19. The van der Waals surface area contributed by atoms with Crippen molar-refractivity contribution in [3.63, 3.8) is 0 Å². The average molecular weight is 281 g/mol. The van der Waals surface area contributed by atoms with Crippen LogP contribution < -0.4 is 5.32 Å². The molecule has 1 aromatic heterocycles. The van der Waals surface area contributed by atoms with Crippen molar-refractivity contribution in [3.8, 4) is 0 Å². The number of hydrogen-bond donors (Lipinski definition) is 2. The van der Waals surface area contributed by atoms with Crippen LogP contribution in [-0.4, -0.2) is 32.4 Å². The highest BCUT2D eigenvalue weighted by Crippen LogP contribution is 2.06. The summed E-state index contributed by atoms with van der Waals surface area (Å²) < 4.78 is 20.3. The molecule has 0 bridgehead atoms. The van der Waals surface area contributed by atoms with E-state index in [4.69, 9.17) is 0 Å². The zero-order valence-electron chi connectivity index (χ0n) is 9.91. The number of carbonyl (C=O) groups excluding carboxylic acids is 1. The molecule has 1 heterocycles. The van der Waals surface area contributed by atoms with E-state index in [1.54, 1.807) is 12.1 Å². The van der Waals surface area contributed by atoms with Crippen LogP contribution in [0.5, 0.6) is 0 Å². The number of carbonyl (C=O) groups is 1. The first-order valence-corrected chi connectivity index (χ1v) is 6.36. The molecule has 0 saturated heterocycles. The minimum absolute atomic E-state index is 0.208. The van der Waals surface area contributed by atoms with Crippen molar-refractivity contribution in [2.45, 2.75) is 12.5 Å². The Bertz CT molecular complexity index is 530. The van der Waals surface area contributed by atoms with E-state index in [0.717, 1.165) is 17.3 Å². The summed E-state index contributed by atoms with van der Waals surface area (Å²) in [5.41, 5.74) is 1.06. The lowest BCUT2D eigenvalue weighted by molar-refractivity contribution is 0.0912. The molecule has 0 fully saturated rings. The fraction of sp³-hybridized carbons (Fsp3) is 0.250. The van der Waals surface area contributed by atoms with Gasteiger partial charge in [0.1, 0.15) is 5.82 Å². The molecule has 0 aliphatic heterocycles. The molecule has 7 heteroatoms. The topological polar surface area (TPSA) is 75.1 Å². The maximum atomic E-state index is 12.8. The second kappa shape index (κ2) is 6.35. The van der Waals surface area contributed by atoms with Gasteiger partial charge in [0.05, 0.1) is 30.6 Å². The van der Waals surface area contributed by atoms with Gasteiger partial charge in [0.25, 0.3) is 5.91 Å². The van der Waals surface area contributed by atoms with Gasteiger partial charge in [0.2, 0.25) is 0 Å². The molecule has 100 valence electrons. The number of aliphatic hydroxyl groups is 1. The predicted octanol–water partition coefficient (Wildman–Crippen LogP) is 1.01. The van der Waals surface area contributed by atoms with Crippen LogP contribution in [0.1, 0.15) is 16.1 Å². The van der Waals surface area contributed by atoms with Gasteiger partial charge in [-0.25, -0.2) is 4.39 Å². The zero-order chi connectivity index (χ0) is 13.7. The van der Waals surface area contributed by atoms with Gasteiger partial charge in [0.15, 0.2) is 5.69 Å². The highest BCUT2D eigenvalue weighted by Gasteiger charge is 2.15. The summed E-state index contributed by atoms with van der Waals surface area (Å²) in [4.78, 5) is 11.7. The molecule has 0 aliphatic rings. The number of aromatic nitrogens is 2. The quantitative estimate of drug-likeness (QED) is 0.857. The summed E-state index contributed by atoms with van der Waals surface area (Å²) in [5, 5.41) is 11.9. The molecule has 2 rings (SSSR count). The number of benzene rings is 1. The van der Waals surface area contributed by atoms with Crippen LogP contribution >= 0.6 is 11.7 Å². The zero-order valence-corrected chi connectivity index (χ0v) is 10.7. The minimum Gasteiger partial charge on any atom is -0.394 e. The lowest BCUT2D eigenvalue weighted by atomic mass is 10.1. The third-order valence-corrected chi connectivity index (χ3v) is 3.02. The van der Waals surface area contributed by atoms with Gasteiger partial charge >= 0.3 is 0 Å². The third kappa shape index (κ3) is 3.80. The van der Waals surface area contributed by atoms with Crippen molar-refractivity contribution in [2.24, 2.45) is 0 Å². The van der Waals surface area contributed by atoms with E-state index in [1.807, 2.05) is 0 Å². The Balaban J connectivity index is 1.97. The number of amides is 1. The Morgan fingerprint density at radius 3 is 2.74 bits per heavy atom. The molecule has 0 saturated carbocycles. The first-order valence-electron chi connectivity index (χ1n) is 5.63. The molecule has 0 spiro atoms. The second-order valence-electron chi connectivity index (χ2n) is 3.98. The monoisotopic (exact) mass is 281 g/mol. The molecule has 2 N–H and O–H groups in total. The van der Waals surface area contributed by atoms with Gasteiger partial charge in [-0.2, -0.15) is 8.75 Å². The Morgan fingerprint density at radius 1 is 1.42 bits per heavy atom. The largest absolute Gasteiger partial charge is 0.394 e. The van der Waals surface area contributed by atoms with Crippen molar-refractivity contribution < 1.29 is 14.3 Å². The molecular formula is C12H12FN3O2S. The Labute approximate surface area is 113 Å². The molecule has 1 amide bonds. The Hall–Kier alpha value is -1.86. The van der Waals surface area contributed by atoms with Crippen LogP contribution in [0.15, 0.2) is 30.5 Å². The van der Waals surface area contributed by atoms with Crippen molar-refractivity contribution >= 4 is 17.6 Å². The van der Waals surface area contributed by atoms with E-state index in [-0.39, 0.29) is 24.0 Å². The summed E-state index contributed by atoms with van der Waals surface area (Å²) >= 11 is 0.943. The molecule has 1 atom stereocenters. The normalized spacial score (nSPS) is 12.1. The molecule has 0 unspecified atom stereocenters. The highest BCUT2D eigenvalue weighted by molar-refractivity contribution is 6.99. The van der Waals surface area contributed by atoms with Gasteiger partial charge in [-0.1, -0.05) is 12.1 Å². The molecule has 5 nitrogen and oxygen atoms in total. The molecule has 0 radical (unpaired) electrons. The molecule has 2 aromatic rings. The smallest absolute Gasteiger partial charge is 0.272 e. The van der Waals surface area contributed by atoms with Crippen molar-refractivity contribution in [1.29, 1.82) is 0 Å². The number of nitrogens with zero attached hydrogens (tertiary/aromatic N) is 2. The van der Waals surface area contributed by atoms with Crippen LogP contribution in [0.4, 0.5) is 4.39 Å². The summed E-state index contributed by atoms with van der Waals surface area (Å²) in [6.45, 7) is -0.208. The highest BCUT2D eigenvalue weighted by atomic mass is 32.1. The number of halogens is 1. The molecule has 1 aromatic carbocycles. The minimum atomic E-state index is -0.445. The number of rotatable bonds is 5. The van der Waals surface area contributed by atoms with Gasteiger partial charge in [-0.05, 0) is 24.1 Å². The van der Waals surface area contributed by atoms with Gasteiger partial charge in [-0.15, -0.1) is 0 Å². The third-order valence-electron chi connectivity index (χ3n) is 2.54. The summed E-state index contributed by atoms with van der Waals surface area (Å²) in [6, 6.07) is 5.48. The van der Waals surface area contributed by atoms with E-state index in [1.165, 1.54) is 18.3 Å². The fourth-order valence-corrected chi connectivity index (χ4v) is 2.00. The van der Waals surface area contributed by atoms with E-state index in [0.29, 0.717) is 6.42 Å². The lowest BCUT2D eigenvalue weighted by Gasteiger charge is -2.15. The first kappa shape index (κ1) is 13.6. The predicted molar refractivity (Wildman–Crippen MR) is 68.4 cm³/mol. The maximum Gasteiger partial charge on any atom is 0.272 e. The lowest BCUT2D eigenvalue weighted by Crippen LogP contribution is -2.39. The number of aliphatic hydroxyl groups excluding tert-OH is 1. The van der Waals surface area contributed by atoms with Gasteiger partial charge in [0, 0.05) is 0 Å². The second-order valence-corrected chi connectivity index (χ2v) is 4.53. The van der Waals surface area contributed by atoms with Crippen molar-refractivity contribution in [1.82, 2.24) is 14.1 Å². The SMILES string of the molecule is O=C(N[C@H](CO)Cc1ccc(F)cc1)c1cnsn1. The molecule has 19 heavy (non-hydrogen) atoms. The average Bonchev–Trinajstić information content (AvgIpc) is 2.94. The Kier molecular flexibility index (Phi) is 4.53. The van der Waals surface area contributed by atoms with Crippen molar-refractivity contribution in [3.05, 3.63) is 47.5 Å². The maximum absolute atomic E-state index is 12.8. The molecule has 0 aliphatic carbocycles. The van der Waals surface area contributed by atoms with Crippen molar-refractivity contribution in [2.75, 3.05) is 6.61 Å².